The molecule has 1 heterocycles. The second-order valence-corrected chi connectivity index (χ2v) is 6.02. The Morgan fingerprint density at radius 2 is 2.21 bits per heavy atom. The van der Waals surface area contributed by atoms with Crippen LogP contribution in [0.4, 0.5) is 5.69 Å². The highest BCUT2D eigenvalue weighted by Crippen LogP contribution is 2.28. The van der Waals surface area contributed by atoms with E-state index in [1.807, 2.05) is 31.2 Å². The molecule has 4 heteroatoms. The maximum atomic E-state index is 5.63. The molecule has 1 aliphatic rings. The van der Waals surface area contributed by atoms with Gasteiger partial charge >= 0.3 is 0 Å². The Morgan fingerprint density at radius 3 is 2.95 bits per heavy atom. The molecule has 0 saturated carbocycles. The van der Waals surface area contributed by atoms with Crippen LogP contribution in [0.25, 0.3) is 0 Å². The first-order chi connectivity index (χ1) is 9.20. The van der Waals surface area contributed by atoms with E-state index in [9.17, 15) is 0 Å². The van der Waals surface area contributed by atoms with Crippen LogP contribution in [-0.2, 0) is 0 Å². The van der Waals surface area contributed by atoms with E-state index in [2.05, 4.69) is 19.2 Å². The Morgan fingerprint density at radius 1 is 1.42 bits per heavy atom. The summed E-state index contributed by atoms with van der Waals surface area (Å²) in [6, 6.07) is 8.46. The smallest absolute Gasteiger partial charge is 0.161 e. The molecule has 0 fully saturated rings. The number of anilines is 1. The molecular weight excluding hydrogens is 256 g/mol. The SMILES string of the molecule is CCOc1ccccc1NC1=NC(C(C)C)CCS1. The minimum Gasteiger partial charge on any atom is -0.492 e. The molecule has 0 radical (unpaired) electrons. The molecule has 0 amide bonds. The van der Waals surface area contributed by atoms with Gasteiger partial charge in [0.2, 0.25) is 0 Å². The predicted octanol–water partition coefficient (Wildman–Crippen LogP) is 4.01. The molecule has 0 aromatic heterocycles. The largest absolute Gasteiger partial charge is 0.492 e. The molecule has 1 unspecified atom stereocenters. The number of ether oxygens (including phenoxy) is 1. The van der Waals surface area contributed by atoms with Crippen molar-refractivity contribution < 1.29 is 4.74 Å². The van der Waals surface area contributed by atoms with E-state index in [1.54, 1.807) is 11.8 Å². The summed E-state index contributed by atoms with van der Waals surface area (Å²) in [4.78, 5) is 4.79. The van der Waals surface area contributed by atoms with Crippen molar-refractivity contribution in [2.75, 3.05) is 17.7 Å². The van der Waals surface area contributed by atoms with E-state index in [-0.39, 0.29) is 0 Å². The second-order valence-electron chi connectivity index (χ2n) is 4.94. The Bertz CT molecular complexity index is 446. The Kier molecular flexibility index (Phi) is 5.14. The first-order valence-corrected chi connectivity index (χ1v) is 7.88. The fourth-order valence-electron chi connectivity index (χ4n) is 2.05. The van der Waals surface area contributed by atoms with E-state index < -0.39 is 0 Å². The first kappa shape index (κ1) is 14.3. The highest BCUT2D eigenvalue weighted by atomic mass is 32.2. The van der Waals surface area contributed by atoms with Crippen molar-refractivity contribution in [2.24, 2.45) is 10.9 Å². The van der Waals surface area contributed by atoms with E-state index in [4.69, 9.17) is 9.73 Å². The second kappa shape index (κ2) is 6.85. The van der Waals surface area contributed by atoms with Gasteiger partial charge < -0.3 is 10.1 Å². The maximum absolute atomic E-state index is 5.63. The minimum absolute atomic E-state index is 0.433. The van der Waals surface area contributed by atoms with Crippen LogP contribution in [0.2, 0.25) is 0 Å². The van der Waals surface area contributed by atoms with Crippen molar-refractivity contribution in [1.82, 2.24) is 0 Å². The molecule has 2 rings (SSSR count). The number of benzene rings is 1. The number of thioether (sulfide) groups is 1. The predicted molar refractivity (Wildman–Crippen MR) is 84.4 cm³/mol. The third kappa shape index (κ3) is 3.90. The third-order valence-electron chi connectivity index (χ3n) is 3.13. The Balaban J connectivity index is 2.12. The van der Waals surface area contributed by atoms with Gasteiger partial charge in [0.05, 0.1) is 18.3 Å². The standard InChI is InChI=1S/C15H22N2OS/c1-4-18-14-8-6-5-7-13(14)17-15-16-12(11(2)3)9-10-19-15/h5-8,11-12H,4,9-10H2,1-3H3,(H,16,17). The van der Waals surface area contributed by atoms with Crippen molar-refractivity contribution in [3.05, 3.63) is 24.3 Å². The van der Waals surface area contributed by atoms with Gasteiger partial charge in [0.15, 0.2) is 5.17 Å². The van der Waals surface area contributed by atoms with E-state index >= 15 is 0 Å². The van der Waals surface area contributed by atoms with Crippen LogP contribution in [0.1, 0.15) is 27.2 Å². The van der Waals surface area contributed by atoms with Gasteiger partial charge in [-0.05, 0) is 31.4 Å². The molecule has 19 heavy (non-hydrogen) atoms. The normalized spacial score (nSPS) is 19.2. The molecule has 0 bridgehead atoms. The summed E-state index contributed by atoms with van der Waals surface area (Å²) in [5.74, 6) is 2.62. The van der Waals surface area contributed by atoms with Gasteiger partial charge in [-0.3, -0.25) is 4.99 Å². The summed E-state index contributed by atoms with van der Waals surface area (Å²) < 4.78 is 5.63. The third-order valence-corrected chi connectivity index (χ3v) is 4.05. The topological polar surface area (TPSA) is 33.6 Å². The molecule has 0 spiro atoms. The summed E-state index contributed by atoms with van der Waals surface area (Å²) >= 11 is 1.79. The zero-order valence-corrected chi connectivity index (χ0v) is 12.7. The quantitative estimate of drug-likeness (QED) is 0.903. The average molecular weight is 278 g/mol. The molecule has 3 nitrogen and oxygen atoms in total. The van der Waals surface area contributed by atoms with Crippen molar-refractivity contribution >= 4 is 22.6 Å². The van der Waals surface area contributed by atoms with Crippen LogP contribution >= 0.6 is 11.8 Å². The van der Waals surface area contributed by atoms with Crippen LogP contribution in [0, 0.1) is 5.92 Å². The molecular formula is C15H22N2OS. The van der Waals surface area contributed by atoms with Crippen LogP contribution in [0.5, 0.6) is 5.75 Å². The monoisotopic (exact) mass is 278 g/mol. The van der Waals surface area contributed by atoms with E-state index in [0.717, 1.165) is 22.4 Å². The van der Waals surface area contributed by atoms with Gasteiger partial charge in [-0.25, -0.2) is 0 Å². The summed E-state index contributed by atoms with van der Waals surface area (Å²) in [5.41, 5.74) is 1.00. The van der Waals surface area contributed by atoms with Gasteiger partial charge in [0.25, 0.3) is 0 Å². The minimum atomic E-state index is 0.433. The zero-order chi connectivity index (χ0) is 13.7. The lowest BCUT2D eigenvalue weighted by Crippen LogP contribution is -2.24. The lowest BCUT2D eigenvalue weighted by Gasteiger charge is -2.23. The lowest BCUT2D eigenvalue weighted by atomic mass is 10.0. The molecule has 1 aliphatic heterocycles. The number of nitrogens with zero attached hydrogens (tertiary/aromatic N) is 1. The van der Waals surface area contributed by atoms with Crippen molar-refractivity contribution in [3.8, 4) is 5.75 Å². The Hall–Kier alpha value is -1.16. The fourth-order valence-corrected chi connectivity index (χ4v) is 2.99. The number of rotatable bonds is 4. The number of hydrogen-bond donors (Lipinski definition) is 1. The van der Waals surface area contributed by atoms with Gasteiger partial charge in [-0.15, -0.1) is 0 Å². The molecule has 1 N–H and O–H groups in total. The molecule has 0 aliphatic carbocycles. The van der Waals surface area contributed by atoms with E-state index in [1.165, 1.54) is 6.42 Å². The molecule has 1 atom stereocenters. The first-order valence-electron chi connectivity index (χ1n) is 6.90. The molecule has 104 valence electrons. The lowest BCUT2D eigenvalue weighted by molar-refractivity contribution is 0.342. The van der Waals surface area contributed by atoms with Crippen LogP contribution in [-0.4, -0.2) is 23.6 Å². The number of aliphatic imine (C=N–C) groups is 1. The Labute approximate surface area is 119 Å². The van der Waals surface area contributed by atoms with Crippen LogP contribution < -0.4 is 10.1 Å². The highest BCUT2D eigenvalue weighted by molar-refractivity contribution is 8.14. The molecule has 1 aromatic rings. The van der Waals surface area contributed by atoms with Crippen molar-refractivity contribution in [1.29, 1.82) is 0 Å². The molecule has 1 aromatic carbocycles. The van der Waals surface area contributed by atoms with Gasteiger partial charge in [0.1, 0.15) is 5.75 Å². The van der Waals surface area contributed by atoms with Gasteiger partial charge in [-0.1, -0.05) is 37.7 Å². The van der Waals surface area contributed by atoms with Crippen LogP contribution in [0.3, 0.4) is 0 Å². The highest BCUT2D eigenvalue weighted by Gasteiger charge is 2.19. The van der Waals surface area contributed by atoms with Gasteiger partial charge in [0, 0.05) is 5.75 Å². The fraction of sp³-hybridized carbons (Fsp3) is 0.533. The summed E-state index contributed by atoms with van der Waals surface area (Å²) in [6.07, 6.45) is 1.17. The number of amidine groups is 1. The zero-order valence-electron chi connectivity index (χ0n) is 11.8. The number of para-hydroxylation sites is 2. The maximum Gasteiger partial charge on any atom is 0.161 e. The summed E-state index contributed by atoms with van der Waals surface area (Å²) in [7, 11) is 0. The number of hydrogen-bond acceptors (Lipinski definition) is 4. The average Bonchev–Trinajstić information content (AvgIpc) is 2.41. The van der Waals surface area contributed by atoms with E-state index in [0.29, 0.717) is 18.6 Å². The number of nitrogens with one attached hydrogen (secondary N) is 1. The van der Waals surface area contributed by atoms with Crippen LogP contribution in [0.15, 0.2) is 29.3 Å². The molecule has 0 saturated heterocycles. The summed E-state index contributed by atoms with van der Waals surface area (Å²) in [5, 5.41) is 4.42. The van der Waals surface area contributed by atoms with Gasteiger partial charge in [-0.2, -0.15) is 0 Å². The summed E-state index contributed by atoms with van der Waals surface area (Å²) in [6.45, 7) is 7.14. The van der Waals surface area contributed by atoms with Crippen molar-refractivity contribution in [3.63, 3.8) is 0 Å². The van der Waals surface area contributed by atoms with Crippen molar-refractivity contribution in [2.45, 2.75) is 33.2 Å².